The van der Waals surface area contributed by atoms with Crippen LogP contribution in [0.3, 0.4) is 0 Å². The zero-order valence-corrected chi connectivity index (χ0v) is 11.3. The van der Waals surface area contributed by atoms with E-state index < -0.39 is 17.6 Å². The third-order valence-electron chi connectivity index (χ3n) is 3.13. The van der Waals surface area contributed by atoms with Crippen molar-refractivity contribution in [2.24, 2.45) is 0 Å². The second-order valence-corrected chi connectivity index (χ2v) is 4.71. The highest BCUT2D eigenvalue weighted by Crippen LogP contribution is 2.32. The molecule has 2 rings (SSSR count). The number of rotatable bonds is 5. The molecule has 0 aliphatic carbocycles. The van der Waals surface area contributed by atoms with Crippen LogP contribution in [-0.4, -0.2) is 6.54 Å². The normalized spacial score (nSPS) is 11.6. The van der Waals surface area contributed by atoms with Crippen LogP contribution in [0.4, 0.5) is 17.6 Å². The van der Waals surface area contributed by atoms with Crippen LogP contribution in [0.15, 0.2) is 48.5 Å². The predicted octanol–water partition coefficient (Wildman–Crippen LogP) is 4.18. The number of alkyl halides is 3. The molecular weight excluding hydrogens is 282 g/mol. The standard InChI is InChI=1S/C16H15F4N/c17-14-7-6-13(15(10-14)16(18,19)20)11-21-9-8-12-4-2-1-3-5-12/h1-7,10,21H,8-9,11H2. The van der Waals surface area contributed by atoms with E-state index in [0.29, 0.717) is 12.6 Å². The first-order chi connectivity index (χ1) is 9.97. The van der Waals surface area contributed by atoms with Gasteiger partial charge in [0.25, 0.3) is 0 Å². The molecule has 1 N–H and O–H groups in total. The lowest BCUT2D eigenvalue weighted by Gasteiger charge is -2.13. The Labute approximate surface area is 120 Å². The Morgan fingerprint density at radius 2 is 1.67 bits per heavy atom. The molecule has 0 unspecified atom stereocenters. The lowest BCUT2D eigenvalue weighted by Crippen LogP contribution is -2.20. The Bertz CT molecular complexity index is 579. The van der Waals surface area contributed by atoms with Gasteiger partial charge in [-0.3, -0.25) is 0 Å². The number of nitrogens with one attached hydrogen (secondary N) is 1. The van der Waals surface area contributed by atoms with E-state index in [0.717, 1.165) is 18.1 Å². The Morgan fingerprint density at radius 3 is 2.33 bits per heavy atom. The van der Waals surface area contributed by atoms with Crippen LogP contribution < -0.4 is 5.32 Å². The van der Waals surface area contributed by atoms with Gasteiger partial charge >= 0.3 is 6.18 Å². The van der Waals surface area contributed by atoms with Gasteiger partial charge in [0.1, 0.15) is 5.82 Å². The van der Waals surface area contributed by atoms with Crippen molar-refractivity contribution in [3.63, 3.8) is 0 Å². The van der Waals surface area contributed by atoms with E-state index in [9.17, 15) is 17.6 Å². The van der Waals surface area contributed by atoms with Gasteiger partial charge in [-0.25, -0.2) is 4.39 Å². The maximum absolute atomic E-state index is 13.0. The molecule has 21 heavy (non-hydrogen) atoms. The average molecular weight is 297 g/mol. The Balaban J connectivity index is 1.94. The summed E-state index contributed by atoms with van der Waals surface area (Å²) in [7, 11) is 0. The molecule has 0 amide bonds. The highest BCUT2D eigenvalue weighted by Gasteiger charge is 2.33. The third kappa shape index (κ3) is 4.56. The van der Waals surface area contributed by atoms with Crippen LogP contribution in [-0.2, 0) is 19.1 Å². The van der Waals surface area contributed by atoms with E-state index in [-0.39, 0.29) is 12.1 Å². The SMILES string of the molecule is Fc1ccc(CNCCc2ccccc2)c(C(F)(F)F)c1. The highest BCUT2D eigenvalue weighted by molar-refractivity contribution is 5.30. The van der Waals surface area contributed by atoms with Gasteiger partial charge in [0.2, 0.25) is 0 Å². The fourth-order valence-electron chi connectivity index (χ4n) is 2.07. The van der Waals surface area contributed by atoms with Gasteiger partial charge in [0.05, 0.1) is 5.56 Å². The molecule has 0 radical (unpaired) electrons. The lowest BCUT2D eigenvalue weighted by molar-refractivity contribution is -0.138. The Kier molecular flexibility index (Phi) is 4.96. The summed E-state index contributed by atoms with van der Waals surface area (Å²) < 4.78 is 51.4. The molecule has 1 nitrogen and oxygen atoms in total. The van der Waals surface area contributed by atoms with Gasteiger partial charge in [0.15, 0.2) is 0 Å². The average Bonchev–Trinajstić information content (AvgIpc) is 2.45. The summed E-state index contributed by atoms with van der Waals surface area (Å²) in [6.45, 7) is 0.612. The minimum atomic E-state index is -4.54. The molecule has 0 heterocycles. The summed E-state index contributed by atoms with van der Waals surface area (Å²) in [5.74, 6) is -0.879. The van der Waals surface area contributed by atoms with Crippen LogP contribution >= 0.6 is 0 Å². The Morgan fingerprint density at radius 1 is 0.952 bits per heavy atom. The molecule has 0 saturated heterocycles. The fourth-order valence-corrected chi connectivity index (χ4v) is 2.07. The van der Waals surface area contributed by atoms with Crippen molar-refractivity contribution in [1.29, 1.82) is 0 Å². The largest absolute Gasteiger partial charge is 0.416 e. The van der Waals surface area contributed by atoms with Crippen molar-refractivity contribution in [2.45, 2.75) is 19.1 Å². The summed E-state index contributed by atoms with van der Waals surface area (Å²) in [5.41, 5.74) is 0.242. The molecular formula is C16H15F4N. The first kappa shape index (κ1) is 15.5. The minimum Gasteiger partial charge on any atom is -0.312 e. The van der Waals surface area contributed by atoms with Crippen molar-refractivity contribution >= 4 is 0 Å². The van der Waals surface area contributed by atoms with Crippen LogP contribution in [0.1, 0.15) is 16.7 Å². The van der Waals surface area contributed by atoms with E-state index in [2.05, 4.69) is 5.32 Å². The molecule has 0 saturated carbocycles. The van der Waals surface area contributed by atoms with Crippen molar-refractivity contribution < 1.29 is 17.6 Å². The summed E-state index contributed by atoms with van der Waals surface area (Å²) in [6.07, 6.45) is -3.82. The quantitative estimate of drug-likeness (QED) is 0.645. The summed E-state index contributed by atoms with van der Waals surface area (Å²) in [4.78, 5) is 0. The van der Waals surface area contributed by atoms with Gasteiger partial charge in [-0.1, -0.05) is 36.4 Å². The van der Waals surface area contributed by atoms with Gasteiger partial charge in [-0.05, 0) is 36.2 Å². The topological polar surface area (TPSA) is 12.0 Å². The molecule has 0 aliphatic heterocycles. The second kappa shape index (κ2) is 6.72. The zero-order chi connectivity index (χ0) is 15.3. The van der Waals surface area contributed by atoms with Gasteiger partial charge < -0.3 is 5.32 Å². The van der Waals surface area contributed by atoms with Gasteiger partial charge in [-0.15, -0.1) is 0 Å². The maximum atomic E-state index is 13.0. The van der Waals surface area contributed by atoms with Crippen molar-refractivity contribution in [2.75, 3.05) is 6.54 Å². The molecule has 2 aromatic rings. The van der Waals surface area contributed by atoms with Crippen molar-refractivity contribution in [3.05, 3.63) is 71.0 Å². The van der Waals surface area contributed by atoms with E-state index in [4.69, 9.17) is 0 Å². The van der Waals surface area contributed by atoms with E-state index in [1.54, 1.807) is 0 Å². The smallest absolute Gasteiger partial charge is 0.312 e. The van der Waals surface area contributed by atoms with Crippen LogP contribution in [0.2, 0.25) is 0 Å². The zero-order valence-electron chi connectivity index (χ0n) is 11.3. The van der Waals surface area contributed by atoms with E-state index >= 15 is 0 Å². The first-order valence-corrected chi connectivity index (χ1v) is 6.57. The molecule has 0 aromatic heterocycles. The van der Waals surface area contributed by atoms with Gasteiger partial charge in [0, 0.05) is 6.54 Å². The van der Waals surface area contributed by atoms with Crippen LogP contribution in [0.25, 0.3) is 0 Å². The molecule has 0 bridgehead atoms. The van der Waals surface area contributed by atoms with Crippen molar-refractivity contribution in [1.82, 2.24) is 5.32 Å². The molecule has 112 valence electrons. The second-order valence-electron chi connectivity index (χ2n) is 4.71. The summed E-state index contributed by atoms with van der Waals surface area (Å²) in [6, 6.07) is 12.4. The van der Waals surface area contributed by atoms with E-state index in [1.165, 1.54) is 6.07 Å². The summed E-state index contributed by atoms with van der Waals surface area (Å²) >= 11 is 0. The Hall–Kier alpha value is -1.88. The van der Waals surface area contributed by atoms with E-state index in [1.807, 2.05) is 30.3 Å². The monoisotopic (exact) mass is 297 g/mol. The lowest BCUT2D eigenvalue weighted by atomic mass is 10.1. The molecule has 0 fully saturated rings. The number of halogens is 4. The van der Waals surface area contributed by atoms with Crippen LogP contribution in [0.5, 0.6) is 0 Å². The molecule has 0 atom stereocenters. The fraction of sp³-hybridized carbons (Fsp3) is 0.250. The molecule has 0 spiro atoms. The highest BCUT2D eigenvalue weighted by atomic mass is 19.4. The number of hydrogen-bond donors (Lipinski definition) is 1. The predicted molar refractivity (Wildman–Crippen MR) is 73.3 cm³/mol. The van der Waals surface area contributed by atoms with Crippen molar-refractivity contribution in [3.8, 4) is 0 Å². The minimum absolute atomic E-state index is 0.0527. The van der Waals surface area contributed by atoms with Crippen LogP contribution in [0, 0.1) is 5.82 Å². The molecule has 2 aromatic carbocycles. The number of benzene rings is 2. The third-order valence-corrected chi connectivity index (χ3v) is 3.13. The van der Waals surface area contributed by atoms with Gasteiger partial charge in [-0.2, -0.15) is 13.2 Å². The summed E-state index contributed by atoms with van der Waals surface area (Å²) in [5, 5.41) is 2.96. The molecule has 0 aliphatic rings. The maximum Gasteiger partial charge on any atom is 0.416 e. The first-order valence-electron chi connectivity index (χ1n) is 6.57. The number of hydrogen-bond acceptors (Lipinski definition) is 1. The molecule has 5 heteroatoms.